The zero-order valence-corrected chi connectivity index (χ0v) is 14.4. The molecule has 0 saturated heterocycles. The van der Waals surface area contributed by atoms with Crippen LogP contribution in [0.2, 0.25) is 0 Å². The molecule has 4 nitrogen and oxygen atoms in total. The third kappa shape index (κ3) is 5.21. The minimum atomic E-state index is -3.07. The summed E-state index contributed by atoms with van der Waals surface area (Å²) < 4.78 is 22.5. The summed E-state index contributed by atoms with van der Waals surface area (Å²) in [6.45, 7) is 4.53. The van der Waals surface area contributed by atoms with Gasteiger partial charge in [0, 0.05) is 18.4 Å². The van der Waals surface area contributed by atoms with E-state index in [-0.39, 0.29) is 11.7 Å². The Morgan fingerprint density at radius 3 is 2.26 bits per heavy atom. The molecule has 1 N–H and O–H groups in total. The molecule has 0 fully saturated rings. The number of carbonyl (C=O) groups is 1. The van der Waals surface area contributed by atoms with Crippen LogP contribution in [0, 0.1) is 13.8 Å². The lowest BCUT2D eigenvalue weighted by Gasteiger charge is -2.09. The van der Waals surface area contributed by atoms with Crippen molar-refractivity contribution in [1.82, 2.24) is 5.32 Å². The Labute approximate surface area is 137 Å². The second-order valence-corrected chi connectivity index (χ2v) is 8.02. The van der Waals surface area contributed by atoms with Crippen LogP contribution in [0.1, 0.15) is 32.6 Å². The van der Waals surface area contributed by atoms with Crippen LogP contribution in [0.5, 0.6) is 0 Å². The van der Waals surface area contributed by atoms with Crippen LogP contribution in [-0.4, -0.2) is 20.6 Å². The van der Waals surface area contributed by atoms with E-state index in [0.717, 1.165) is 11.1 Å². The molecule has 0 bridgehead atoms. The normalized spacial score (nSPS) is 11.3. The van der Waals surface area contributed by atoms with Gasteiger partial charge in [0.05, 0.1) is 5.75 Å². The quantitative estimate of drug-likeness (QED) is 0.916. The molecule has 0 saturated carbocycles. The molecule has 122 valence electrons. The monoisotopic (exact) mass is 331 g/mol. The minimum absolute atomic E-state index is 0.0164. The number of amides is 1. The Kier molecular flexibility index (Phi) is 5.21. The molecule has 5 heteroatoms. The molecule has 0 unspecified atom stereocenters. The van der Waals surface area contributed by atoms with Gasteiger partial charge in [0.1, 0.15) is 0 Å². The Morgan fingerprint density at radius 1 is 1.04 bits per heavy atom. The molecule has 0 aliphatic heterocycles. The number of carbonyl (C=O) groups excluding carboxylic acids is 1. The molecule has 0 aliphatic rings. The highest BCUT2D eigenvalue weighted by Crippen LogP contribution is 2.11. The predicted octanol–water partition coefficient (Wildman–Crippen LogP) is 2.78. The fourth-order valence-electron chi connectivity index (χ4n) is 2.38. The van der Waals surface area contributed by atoms with Gasteiger partial charge < -0.3 is 5.32 Å². The van der Waals surface area contributed by atoms with Gasteiger partial charge in [-0.05, 0) is 42.7 Å². The van der Waals surface area contributed by atoms with Crippen molar-refractivity contribution in [2.45, 2.75) is 26.1 Å². The highest BCUT2D eigenvalue weighted by atomic mass is 32.2. The van der Waals surface area contributed by atoms with Gasteiger partial charge in [0.2, 0.25) is 0 Å². The molecule has 0 aliphatic carbocycles. The maximum Gasteiger partial charge on any atom is 0.251 e. The number of aryl methyl sites for hydroxylation is 2. The van der Waals surface area contributed by atoms with Crippen molar-refractivity contribution in [2.75, 3.05) is 6.26 Å². The number of hydrogen-bond acceptors (Lipinski definition) is 3. The number of hydrogen-bond donors (Lipinski definition) is 1. The second-order valence-electron chi connectivity index (χ2n) is 5.88. The molecular formula is C18H21NO3S. The first-order chi connectivity index (χ1) is 10.7. The highest BCUT2D eigenvalue weighted by molar-refractivity contribution is 7.89. The van der Waals surface area contributed by atoms with E-state index in [1.807, 2.05) is 26.0 Å². The third-order valence-corrected chi connectivity index (χ3v) is 4.44. The van der Waals surface area contributed by atoms with Crippen LogP contribution in [-0.2, 0) is 22.1 Å². The molecule has 2 aromatic rings. The summed E-state index contributed by atoms with van der Waals surface area (Å²) in [6, 6.07) is 12.8. The maximum atomic E-state index is 12.2. The van der Waals surface area contributed by atoms with Gasteiger partial charge >= 0.3 is 0 Å². The molecule has 1 amide bonds. The molecule has 0 radical (unpaired) electrons. The van der Waals surface area contributed by atoms with Crippen LogP contribution >= 0.6 is 0 Å². The van der Waals surface area contributed by atoms with Crippen molar-refractivity contribution in [1.29, 1.82) is 0 Å². The molecular weight excluding hydrogens is 310 g/mol. The lowest BCUT2D eigenvalue weighted by Crippen LogP contribution is -2.23. The number of rotatable bonds is 5. The summed E-state index contributed by atoms with van der Waals surface area (Å²) in [4.78, 5) is 12.2. The summed E-state index contributed by atoms with van der Waals surface area (Å²) in [5.74, 6) is -0.187. The van der Waals surface area contributed by atoms with Crippen molar-refractivity contribution in [3.05, 3.63) is 70.3 Å². The Bertz CT molecular complexity index is 809. The standard InChI is InChI=1S/C18H21NO3S/c1-13-4-7-17(14(2)10-13)11-19-18(20)16-8-5-15(6-9-16)12-23(3,21)22/h4-10H,11-12H2,1-3H3,(H,19,20). The van der Waals surface area contributed by atoms with Crippen molar-refractivity contribution >= 4 is 15.7 Å². The molecule has 0 atom stereocenters. The fourth-order valence-corrected chi connectivity index (χ4v) is 3.17. The van der Waals surface area contributed by atoms with E-state index in [4.69, 9.17) is 0 Å². The first-order valence-electron chi connectivity index (χ1n) is 7.35. The van der Waals surface area contributed by atoms with Crippen molar-refractivity contribution in [3.63, 3.8) is 0 Å². The molecule has 23 heavy (non-hydrogen) atoms. The van der Waals surface area contributed by atoms with Crippen molar-refractivity contribution < 1.29 is 13.2 Å². The Hall–Kier alpha value is -2.14. The fraction of sp³-hybridized carbons (Fsp3) is 0.278. The molecule has 2 rings (SSSR count). The smallest absolute Gasteiger partial charge is 0.251 e. The Morgan fingerprint density at radius 2 is 1.70 bits per heavy atom. The second kappa shape index (κ2) is 6.96. The van der Waals surface area contributed by atoms with E-state index in [2.05, 4.69) is 11.4 Å². The van der Waals surface area contributed by atoms with E-state index in [1.165, 1.54) is 11.8 Å². The largest absolute Gasteiger partial charge is 0.348 e. The van der Waals surface area contributed by atoms with Gasteiger partial charge in [-0.3, -0.25) is 4.79 Å². The van der Waals surface area contributed by atoms with E-state index in [1.54, 1.807) is 24.3 Å². The summed E-state index contributed by atoms with van der Waals surface area (Å²) in [6.07, 6.45) is 1.19. The SMILES string of the molecule is Cc1ccc(CNC(=O)c2ccc(CS(C)(=O)=O)cc2)c(C)c1. The maximum absolute atomic E-state index is 12.2. The van der Waals surface area contributed by atoms with E-state index in [9.17, 15) is 13.2 Å². The molecule has 2 aromatic carbocycles. The third-order valence-electron chi connectivity index (χ3n) is 3.58. The van der Waals surface area contributed by atoms with Crippen LogP contribution < -0.4 is 5.32 Å². The first-order valence-corrected chi connectivity index (χ1v) is 9.41. The van der Waals surface area contributed by atoms with Gasteiger partial charge in [-0.1, -0.05) is 35.9 Å². The average molecular weight is 331 g/mol. The van der Waals surface area contributed by atoms with Gasteiger partial charge in [-0.15, -0.1) is 0 Å². The van der Waals surface area contributed by atoms with Gasteiger partial charge in [-0.2, -0.15) is 0 Å². The summed E-state index contributed by atoms with van der Waals surface area (Å²) >= 11 is 0. The predicted molar refractivity (Wildman–Crippen MR) is 92.1 cm³/mol. The lowest BCUT2D eigenvalue weighted by molar-refractivity contribution is 0.0951. The van der Waals surface area contributed by atoms with Gasteiger partial charge in [0.25, 0.3) is 5.91 Å². The summed E-state index contributed by atoms with van der Waals surface area (Å²) in [7, 11) is -3.07. The van der Waals surface area contributed by atoms with Crippen molar-refractivity contribution in [2.24, 2.45) is 0 Å². The zero-order valence-electron chi connectivity index (χ0n) is 13.6. The van der Waals surface area contributed by atoms with E-state index < -0.39 is 9.84 Å². The van der Waals surface area contributed by atoms with Crippen LogP contribution in [0.3, 0.4) is 0 Å². The Balaban J connectivity index is 2.00. The molecule has 0 aromatic heterocycles. The zero-order chi connectivity index (χ0) is 17.0. The van der Waals surface area contributed by atoms with Crippen LogP contribution in [0.4, 0.5) is 0 Å². The van der Waals surface area contributed by atoms with Crippen LogP contribution in [0.25, 0.3) is 0 Å². The van der Waals surface area contributed by atoms with Crippen LogP contribution in [0.15, 0.2) is 42.5 Å². The molecule has 0 heterocycles. The average Bonchev–Trinajstić information content (AvgIpc) is 2.45. The summed E-state index contributed by atoms with van der Waals surface area (Å²) in [5.41, 5.74) is 4.62. The topological polar surface area (TPSA) is 63.2 Å². The number of nitrogens with one attached hydrogen (secondary N) is 1. The summed E-state index contributed by atoms with van der Waals surface area (Å²) in [5, 5.41) is 2.89. The van der Waals surface area contributed by atoms with E-state index in [0.29, 0.717) is 17.7 Å². The van der Waals surface area contributed by atoms with Gasteiger partial charge in [0.15, 0.2) is 9.84 Å². The molecule has 0 spiro atoms. The number of sulfone groups is 1. The highest BCUT2D eigenvalue weighted by Gasteiger charge is 2.08. The first kappa shape index (κ1) is 17.2. The van der Waals surface area contributed by atoms with Crippen molar-refractivity contribution in [3.8, 4) is 0 Å². The number of benzene rings is 2. The van der Waals surface area contributed by atoms with Gasteiger partial charge in [-0.25, -0.2) is 8.42 Å². The minimum Gasteiger partial charge on any atom is -0.348 e. The van der Waals surface area contributed by atoms with E-state index >= 15 is 0 Å². The lowest BCUT2D eigenvalue weighted by atomic mass is 10.1.